The second-order valence-corrected chi connectivity index (χ2v) is 26.3. The monoisotopic (exact) mass is 1280 g/mol. The van der Waals surface area contributed by atoms with Gasteiger partial charge in [0.15, 0.2) is 12.2 Å². The molecule has 0 amide bonds. The van der Waals surface area contributed by atoms with E-state index in [1.807, 2.05) is 0 Å². The van der Waals surface area contributed by atoms with Gasteiger partial charge in [0.1, 0.15) is 19.3 Å². The van der Waals surface area contributed by atoms with E-state index < -0.39 is 97.5 Å². The van der Waals surface area contributed by atoms with Crippen LogP contribution in [0.3, 0.4) is 0 Å². The first-order valence-corrected chi connectivity index (χ1v) is 37.2. The van der Waals surface area contributed by atoms with Crippen molar-refractivity contribution in [2.24, 2.45) is 0 Å². The number of phosphoric ester groups is 2. The predicted octanol–water partition coefficient (Wildman–Crippen LogP) is 11.1. The van der Waals surface area contributed by atoms with E-state index in [0.717, 1.165) is 89.9 Å². The molecule has 0 saturated heterocycles. The molecule has 0 fully saturated rings. The van der Waals surface area contributed by atoms with Gasteiger partial charge in [-0.25, -0.2) is 0 Å². The van der Waals surface area contributed by atoms with Crippen molar-refractivity contribution in [1.29, 1.82) is 0 Å². The molecule has 17 nitrogen and oxygen atoms in total. The standard InChI is InChI=1S/C65H126O17P2.2Na/c1-5-9-13-17-21-25-29-33-37-41-45-49-62(67)75-55-60(81-64(69)51-47-43-39-35-31-27-23-19-15-11-7-3)57-79-83(71,72)77-53-59(66)54-78-84(73,74)80-58-61(82-65(70)52-48-44-40-36-32-28-24-20-16-12-8-4)56-76-63(68)50-46-42-38-34-30-26-22-18-14-10-6-2;;/h59-61,66H,5-58H2,1-4H3,(H,71,72)(H,73,74);;/q;2*+1/p-2. The maximum atomic E-state index is 12.9. The van der Waals surface area contributed by atoms with E-state index in [-0.39, 0.29) is 84.8 Å². The van der Waals surface area contributed by atoms with E-state index in [1.165, 1.54) is 167 Å². The number of hydrogen-bond acceptors (Lipinski definition) is 17. The molecule has 0 bridgehead atoms. The van der Waals surface area contributed by atoms with Crippen LogP contribution >= 0.6 is 15.6 Å². The predicted molar refractivity (Wildman–Crippen MR) is 331 cm³/mol. The van der Waals surface area contributed by atoms with Gasteiger partial charge in [-0.1, -0.05) is 285 Å². The number of hydrogen-bond donors (Lipinski definition) is 1. The molecule has 4 atom stereocenters. The van der Waals surface area contributed by atoms with Crippen molar-refractivity contribution >= 4 is 39.5 Å². The number of carbonyl (C=O) groups is 4. The molecular weight excluding hydrogens is 1160 g/mol. The van der Waals surface area contributed by atoms with Crippen molar-refractivity contribution in [3.63, 3.8) is 0 Å². The van der Waals surface area contributed by atoms with Gasteiger partial charge in [0.2, 0.25) is 0 Å². The van der Waals surface area contributed by atoms with Crippen LogP contribution in [-0.4, -0.2) is 86.9 Å². The third-order valence-electron chi connectivity index (χ3n) is 15.1. The third-order valence-corrected chi connectivity index (χ3v) is 16.9. The smallest absolute Gasteiger partial charge is 0.756 e. The summed E-state index contributed by atoms with van der Waals surface area (Å²) in [5.41, 5.74) is 0. The van der Waals surface area contributed by atoms with E-state index >= 15 is 0 Å². The number of unbranched alkanes of at least 4 members (excludes halogenated alkanes) is 40. The van der Waals surface area contributed by atoms with Gasteiger partial charge in [0, 0.05) is 25.7 Å². The molecule has 0 rings (SSSR count). The Morgan fingerprint density at radius 3 is 0.709 bits per heavy atom. The van der Waals surface area contributed by atoms with E-state index in [1.54, 1.807) is 0 Å². The average Bonchev–Trinajstić information content (AvgIpc) is 3.69. The normalized spacial score (nSPS) is 13.8. The van der Waals surface area contributed by atoms with Crippen molar-refractivity contribution in [1.82, 2.24) is 0 Å². The van der Waals surface area contributed by atoms with Crippen LogP contribution in [0, 0.1) is 0 Å². The SMILES string of the molecule is CCCCCCCCCCCCCC(=O)OCC(COP(=O)([O-])OCC(O)COP(=O)([O-])OCC(COC(=O)CCCCCCCCCCCCC)OC(=O)CCCCCCCCCCCCC)OC(=O)CCCCCCCCCCCCC.[Na+].[Na+]. The minimum absolute atomic E-state index is 0. The largest absolute Gasteiger partial charge is 1.00 e. The summed E-state index contributed by atoms with van der Waals surface area (Å²) in [6.07, 6.45) is 45.0. The maximum Gasteiger partial charge on any atom is 1.00 e. The van der Waals surface area contributed by atoms with Gasteiger partial charge >= 0.3 is 83.0 Å². The summed E-state index contributed by atoms with van der Waals surface area (Å²) in [6.45, 7) is 4.49. The summed E-state index contributed by atoms with van der Waals surface area (Å²) in [5, 5.41) is 10.5. The van der Waals surface area contributed by atoms with Crippen molar-refractivity contribution in [2.45, 2.75) is 354 Å². The minimum atomic E-state index is -5.21. The Morgan fingerprint density at radius 2 is 0.488 bits per heavy atom. The fourth-order valence-electron chi connectivity index (χ4n) is 9.80. The summed E-state index contributed by atoms with van der Waals surface area (Å²) < 4.78 is 67.2. The Labute approximate surface area is 568 Å². The average molecular weight is 1290 g/mol. The zero-order valence-corrected chi connectivity index (χ0v) is 61.6. The Kier molecular flexibility index (Phi) is 69.8. The molecule has 0 aromatic carbocycles. The molecule has 0 aromatic heterocycles. The van der Waals surface area contributed by atoms with Gasteiger partial charge in [0.05, 0.1) is 26.4 Å². The van der Waals surface area contributed by atoms with Gasteiger partial charge in [-0.15, -0.1) is 0 Å². The molecule has 0 spiro atoms. The molecule has 21 heteroatoms. The molecule has 0 aromatic rings. The number of aliphatic hydroxyl groups is 1. The Morgan fingerprint density at radius 1 is 0.302 bits per heavy atom. The number of esters is 4. The second-order valence-electron chi connectivity index (χ2n) is 23.5. The van der Waals surface area contributed by atoms with Crippen LogP contribution in [0.15, 0.2) is 0 Å². The van der Waals surface area contributed by atoms with Crippen LogP contribution in [0.25, 0.3) is 0 Å². The van der Waals surface area contributed by atoms with Crippen molar-refractivity contribution in [2.75, 3.05) is 39.6 Å². The summed E-state index contributed by atoms with van der Waals surface area (Å²) in [6, 6.07) is 0. The molecule has 1 N–H and O–H groups in total. The van der Waals surface area contributed by atoms with Crippen molar-refractivity contribution in [3.8, 4) is 0 Å². The van der Waals surface area contributed by atoms with Crippen LogP contribution in [0.5, 0.6) is 0 Å². The van der Waals surface area contributed by atoms with Crippen LogP contribution in [0.4, 0.5) is 0 Å². The number of rotatable bonds is 66. The molecule has 0 heterocycles. The topological polar surface area (TPSA) is 243 Å². The van der Waals surface area contributed by atoms with Crippen molar-refractivity contribution < 1.29 is 139 Å². The Bertz CT molecular complexity index is 1520. The first kappa shape index (κ1) is 90.3. The molecule has 498 valence electrons. The van der Waals surface area contributed by atoms with Crippen LogP contribution in [0.2, 0.25) is 0 Å². The van der Waals surface area contributed by atoms with Crippen molar-refractivity contribution in [3.05, 3.63) is 0 Å². The molecule has 0 saturated carbocycles. The summed E-state index contributed by atoms with van der Waals surface area (Å²) >= 11 is 0. The second kappa shape index (κ2) is 66.5. The molecule has 4 unspecified atom stereocenters. The fraction of sp³-hybridized carbons (Fsp3) is 0.938. The molecule has 86 heavy (non-hydrogen) atoms. The molecule has 0 aliphatic rings. The summed E-state index contributed by atoms with van der Waals surface area (Å²) in [5.74, 6) is -2.22. The minimum Gasteiger partial charge on any atom is -0.756 e. The molecule has 0 aliphatic heterocycles. The van der Waals surface area contributed by atoms with Crippen LogP contribution < -0.4 is 68.9 Å². The molecule has 0 radical (unpaired) electrons. The van der Waals surface area contributed by atoms with E-state index in [0.29, 0.717) is 25.7 Å². The summed E-state index contributed by atoms with van der Waals surface area (Å²) in [4.78, 5) is 76.8. The maximum absolute atomic E-state index is 12.9. The third kappa shape index (κ3) is 65.5. The number of phosphoric acid groups is 2. The Hall–Kier alpha value is 0.0600. The quantitative estimate of drug-likeness (QED) is 0.0196. The number of aliphatic hydroxyl groups excluding tert-OH is 1. The van der Waals surface area contributed by atoms with Crippen LogP contribution in [-0.2, 0) is 65.4 Å². The van der Waals surface area contributed by atoms with Gasteiger partial charge in [-0.3, -0.25) is 28.3 Å². The number of ether oxygens (including phenoxy) is 4. The van der Waals surface area contributed by atoms with Gasteiger partial charge in [0.25, 0.3) is 15.6 Å². The van der Waals surface area contributed by atoms with Gasteiger partial charge < -0.3 is 51.9 Å². The van der Waals surface area contributed by atoms with E-state index in [4.69, 9.17) is 37.0 Å². The van der Waals surface area contributed by atoms with Crippen LogP contribution in [0.1, 0.15) is 336 Å². The molecular formula is C65H124Na2O17P2. The zero-order valence-electron chi connectivity index (χ0n) is 55.8. The zero-order chi connectivity index (χ0) is 61.9. The van der Waals surface area contributed by atoms with Gasteiger partial charge in [-0.2, -0.15) is 0 Å². The summed E-state index contributed by atoms with van der Waals surface area (Å²) in [7, 11) is -10.4. The van der Waals surface area contributed by atoms with E-state index in [9.17, 15) is 43.2 Å². The van der Waals surface area contributed by atoms with Gasteiger partial charge in [-0.05, 0) is 25.7 Å². The van der Waals surface area contributed by atoms with E-state index in [2.05, 4.69) is 27.7 Å². The first-order valence-electron chi connectivity index (χ1n) is 34.2. The first-order chi connectivity index (χ1) is 40.7. The molecule has 0 aliphatic carbocycles. The number of carbonyl (C=O) groups excluding carboxylic acids is 4. The Balaban J connectivity index is -0.0000344. The fourth-order valence-corrected chi connectivity index (χ4v) is 11.4.